The Morgan fingerprint density at radius 1 is 1.26 bits per heavy atom. The third kappa shape index (κ3) is 3.48. The summed E-state index contributed by atoms with van der Waals surface area (Å²) in [5.41, 5.74) is 0. The molecule has 10 heteroatoms. The van der Waals surface area contributed by atoms with Gasteiger partial charge >= 0.3 is 24.0 Å². The summed E-state index contributed by atoms with van der Waals surface area (Å²) in [5, 5.41) is 8.57. The Balaban J connectivity index is 2.91. The third-order valence-corrected chi connectivity index (χ3v) is 3.61. The number of halogens is 5. The summed E-state index contributed by atoms with van der Waals surface area (Å²) in [6.07, 6.45) is -6.64. The minimum atomic E-state index is -5.98. The number of carboxylic acid groups (broad SMARTS) is 1. The van der Waals surface area contributed by atoms with E-state index in [1.165, 1.54) is 11.8 Å². The number of carbonyl (C=O) groups excluding carboxylic acids is 1. The lowest BCUT2D eigenvalue weighted by atomic mass is 10.1. The largest absolute Gasteiger partial charge is 0.481 e. The zero-order valence-corrected chi connectivity index (χ0v) is 10.2. The summed E-state index contributed by atoms with van der Waals surface area (Å²) in [7, 11) is 0. The molecule has 0 aromatic carbocycles. The van der Waals surface area contributed by atoms with E-state index in [1.807, 2.05) is 0 Å². The van der Waals surface area contributed by atoms with Crippen molar-refractivity contribution in [2.45, 2.75) is 24.6 Å². The van der Waals surface area contributed by atoms with E-state index in [4.69, 9.17) is 5.11 Å². The van der Waals surface area contributed by atoms with Gasteiger partial charge in [0.25, 0.3) is 0 Å². The fraction of sp³-hybridized carbons (Fsp3) is 0.778. The van der Waals surface area contributed by atoms with E-state index in [0.29, 0.717) is 4.90 Å². The summed E-state index contributed by atoms with van der Waals surface area (Å²) >= 11 is 1.20. The molecule has 110 valence electrons. The molecule has 0 radical (unpaired) electrons. The van der Waals surface area contributed by atoms with Crippen molar-refractivity contribution in [3.05, 3.63) is 0 Å². The predicted octanol–water partition coefficient (Wildman–Crippen LogP) is 1.60. The summed E-state index contributed by atoms with van der Waals surface area (Å²) < 4.78 is 62.2. The molecule has 1 unspecified atom stereocenters. The zero-order valence-electron chi connectivity index (χ0n) is 9.41. The molecule has 0 aromatic heterocycles. The van der Waals surface area contributed by atoms with Crippen molar-refractivity contribution in [2.75, 3.05) is 18.1 Å². The summed E-state index contributed by atoms with van der Waals surface area (Å²) in [5.74, 6) is -9.03. The SMILES string of the molecule is O=C(O)CC1CSCCN1C(=O)C(F)(F)C(F)(F)F. The first-order valence-electron chi connectivity index (χ1n) is 5.12. The number of carboxylic acids is 1. The second kappa shape index (κ2) is 5.51. The van der Waals surface area contributed by atoms with Gasteiger partial charge in [-0.05, 0) is 0 Å². The molecule has 0 aromatic rings. The Bertz CT molecular complexity index is 373. The van der Waals surface area contributed by atoms with Crippen LogP contribution in [0.5, 0.6) is 0 Å². The number of nitrogens with zero attached hydrogens (tertiary/aromatic N) is 1. The third-order valence-electron chi connectivity index (χ3n) is 2.52. The highest BCUT2D eigenvalue weighted by atomic mass is 32.2. The highest BCUT2D eigenvalue weighted by Crippen LogP contribution is 2.38. The van der Waals surface area contributed by atoms with E-state index in [1.54, 1.807) is 0 Å². The second-order valence-electron chi connectivity index (χ2n) is 3.90. The number of rotatable bonds is 3. The Morgan fingerprint density at radius 3 is 2.32 bits per heavy atom. The molecule has 0 spiro atoms. The summed E-state index contributed by atoms with van der Waals surface area (Å²) in [6, 6.07) is -1.16. The minimum Gasteiger partial charge on any atom is -0.481 e. The Labute approximate surface area is 108 Å². The Kier molecular flexibility index (Phi) is 4.64. The van der Waals surface area contributed by atoms with Gasteiger partial charge in [0.1, 0.15) is 0 Å². The predicted molar refractivity (Wildman–Crippen MR) is 56.1 cm³/mol. The van der Waals surface area contributed by atoms with Crippen molar-refractivity contribution in [2.24, 2.45) is 0 Å². The Hall–Kier alpha value is -1.06. The summed E-state index contributed by atoms with van der Waals surface area (Å²) in [6.45, 7) is -0.326. The van der Waals surface area contributed by atoms with Crippen molar-refractivity contribution in [3.63, 3.8) is 0 Å². The Morgan fingerprint density at radius 2 is 1.84 bits per heavy atom. The highest BCUT2D eigenvalue weighted by molar-refractivity contribution is 7.99. The van der Waals surface area contributed by atoms with Gasteiger partial charge in [-0.1, -0.05) is 0 Å². The first kappa shape index (κ1) is 16.0. The molecule has 1 aliphatic rings. The van der Waals surface area contributed by atoms with Crippen LogP contribution in [0.3, 0.4) is 0 Å². The van der Waals surface area contributed by atoms with Crippen molar-refractivity contribution >= 4 is 23.6 Å². The number of hydrogen-bond donors (Lipinski definition) is 1. The molecule has 1 N–H and O–H groups in total. The smallest absolute Gasteiger partial charge is 0.463 e. The maximum absolute atomic E-state index is 12.9. The van der Waals surface area contributed by atoms with Crippen LogP contribution in [0, 0.1) is 0 Å². The molecular formula is C9H10F5NO3S. The molecular weight excluding hydrogens is 297 g/mol. The van der Waals surface area contributed by atoms with Crippen molar-refractivity contribution in [3.8, 4) is 0 Å². The first-order valence-corrected chi connectivity index (χ1v) is 6.28. The van der Waals surface area contributed by atoms with E-state index >= 15 is 0 Å². The van der Waals surface area contributed by atoms with Crippen LogP contribution in [-0.2, 0) is 9.59 Å². The van der Waals surface area contributed by atoms with E-state index in [-0.39, 0.29) is 18.1 Å². The van der Waals surface area contributed by atoms with Crippen LogP contribution in [0.15, 0.2) is 0 Å². The normalized spacial score (nSPS) is 21.3. The molecule has 4 nitrogen and oxygen atoms in total. The topological polar surface area (TPSA) is 57.6 Å². The van der Waals surface area contributed by atoms with Gasteiger partial charge in [0.2, 0.25) is 0 Å². The van der Waals surface area contributed by atoms with Crippen LogP contribution in [0.1, 0.15) is 6.42 Å². The standard InChI is InChI=1S/C9H10F5NO3S/c10-8(11,9(12,13)14)7(18)15-1-2-19-4-5(15)3-6(16)17/h5H,1-4H2,(H,16,17). The lowest BCUT2D eigenvalue weighted by Gasteiger charge is -2.36. The molecule has 0 bridgehead atoms. The van der Waals surface area contributed by atoms with E-state index in [2.05, 4.69) is 0 Å². The molecule has 1 heterocycles. The molecule has 1 rings (SSSR count). The average Bonchev–Trinajstić information content (AvgIpc) is 2.26. The maximum atomic E-state index is 12.9. The quantitative estimate of drug-likeness (QED) is 0.805. The van der Waals surface area contributed by atoms with Crippen molar-refractivity contribution in [1.82, 2.24) is 4.90 Å². The minimum absolute atomic E-state index is 0.0198. The van der Waals surface area contributed by atoms with E-state index in [9.17, 15) is 31.5 Å². The summed E-state index contributed by atoms with van der Waals surface area (Å²) in [4.78, 5) is 22.2. The van der Waals surface area contributed by atoms with Crippen molar-refractivity contribution < 1.29 is 36.6 Å². The number of alkyl halides is 5. The fourth-order valence-electron chi connectivity index (χ4n) is 1.59. The van der Waals surface area contributed by atoms with Gasteiger partial charge in [-0.3, -0.25) is 9.59 Å². The van der Waals surface area contributed by atoms with Crippen LogP contribution in [0.2, 0.25) is 0 Å². The lowest BCUT2D eigenvalue weighted by Crippen LogP contribution is -2.57. The average molecular weight is 307 g/mol. The van der Waals surface area contributed by atoms with E-state index < -0.39 is 36.4 Å². The zero-order chi connectivity index (χ0) is 14.8. The number of hydrogen-bond acceptors (Lipinski definition) is 3. The van der Waals surface area contributed by atoms with E-state index in [0.717, 1.165) is 0 Å². The van der Waals surface area contributed by atoms with Gasteiger partial charge < -0.3 is 10.0 Å². The van der Waals surface area contributed by atoms with Gasteiger partial charge in [0.05, 0.1) is 12.5 Å². The molecule has 1 amide bonds. The molecule has 0 aliphatic carbocycles. The van der Waals surface area contributed by atoms with Crippen LogP contribution >= 0.6 is 11.8 Å². The fourth-order valence-corrected chi connectivity index (χ4v) is 2.66. The van der Waals surface area contributed by atoms with Gasteiger partial charge in [-0.25, -0.2) is 0 Å². The molecule has 1 saturated heterocycles. The number of amides is 1. The number of carbonyl (C=O) groups is 2. The second-order valence-corrected chi connectivity index (χ2v) is 5.05. The monoisotopic (exact) mass is 307 g/mol. The van der Waals surface area contributed by atoms with Gasteiger partial charge in [0.15, 0.2) is 0 Å². The molecule has 1 fully saturated rings. The van der Waals surface area contributed by atoms with Crippen LogP contribution in [0.25, 0.3) is 0 Å². The molecule has 0 saturated carbocycles. The van der Waals surface area contributed by atoms with Gasteiger partial charge in [-0.15, -0.1) is 0 Å². The maximum Gasteiger partial charge on any atom is 0.463 e. The van der Waals surface area contributed by atoms with Crippen LogP contribution in [0.4, 0.5) is 22.0 Å². The van der Waals surface area contributed by atoms with Crippen molar-refractivity contribution in [1.29, 1.82) is 0 Å². The first-order chi connectivity index (χ1) is 8.57. The molecule has 1 aliphatic heterocycles. The van der Waals surface area contributed by atoms with Crippen LogP contribution < -0.4 is 0 Å². The molecule has 1 atom stereocenters. The molecule has 19 heavy (non-hydrogen) atoms. The van der Waals surface area contributed by atoms with Gasteiger partial charge in [-0.2, -0.15) is 33.7 Å². The number of thioether (sulfide) groups is 1. The lowest BCUT2D eigenvalue weighted by molar-refractivity contribution is -0.275. The number of aliphatic carboxylic acids is 1. The van der Waals surface area contributed by atoms with Gasteiger partial charge in [0, 0.05) is 18.1 Å². The highest BCUT2D eigenvalue weighted by Gasteiger charge is 2.65. The van der Waals surface area contributed by atoms with Crippen LogP contribution in [-0.4, -0.2) is 58.1 Å².